The highest BCUT2D eigenvalue weighted by Gasteiger charge is 2.31. The summed E-state index contributed by atoms with van der Waals surface area (Å²) in [6.07, 6.45) is 0.987. The minimum Gasteiger partial charge on any atom is -0.406 e. The lowest BCUT2D eigenvalue weighted by Gasteiger charge is -2.21. The molecule has 31 heavy (non-hydrogen) atoms. The van der Waals surface area contributed by atoms with Gasteiger partial charge >= 0.3 is 6.36 Å². The van der Waals surface area contributed by atoms with E-state index in [1.807, 2.05) is 18.0 Å². The van der Waals surface area contributed by atoms with E-state index in [-0.39, 0.29) is 5.75 Å². The molecule has 2 heterocycles. The van der Waals surface area contributed by atoms with Crippen LogP contribution in [0, 0.1) is 0 Å². The van der Waals surface area contributed by atoms with Gasteiger partial charge in [-0.2, -0.15) is 0 Å². The number of aromatic nitrogens is 2. The fraction of sp³-hybridized carbons (Fsp3) is 0.227. The van der Waals surface area contributed by atoms with Gasteiger partial charge in [0, 0.05) is 49.0 Å². The molecule has 3 rings (SSSR count). The molecule has 0 saturated heterocycles. The number of carbonyl (C=O) groups is 1. The Morgan fingerprint density at radius 1 is 1.16 bits per heavy atom. The second-order valence-electron chi connectivity index (χ2n) is 6.78. The van der Waals surface area contributed by atoms with E-state index in [1.165, 1.54) is 18.3 Å². The van der Waals surface area contributed by atoms with Gasteiger partial charge in [-0.3, -0.25) is 9.78 Å². The Morgan fingerprint density at radius 2 is 1.90 bits per heavy atom. The van der Waals surface area contributed by atoms with Gasteiger partial charge < -0.3 is 15.0 Å². The van der Waals surface area contributed by atoms with Crippen molar-refractivity contribution in [3.05, 3.63) is 66.6 Å². The molecule has 162 valence electrons. The third-order valence-electron chi connectivity index (χ3n) is 4.37. The molecule has 1 amide bonds. The van der Waals surface area contributed by atoms with E-state index in [0.29, 0.717) is 11.3 Å². The lowest BCUT2D eigenvalue weighted by molar-refractivity contribution is -0.274. The maximum Gasteiger partial charge on any atom is 0.573 e. The molecule has 0 unspecified atom stereocenters. The fourth-order valence-corrected chi connectivity index (χ4v) is 3.00. The molecule has 0 aliphatic heterocycles. The van der Waals surface area contributed by atoms with Crippen LogP contribution in [0.25, 0.3) is 11.1 Å². The smallest absolute Gasteiger partial charge is 0.406 e. The second-order valence-corrected chi connectivity index (χ2v) is 6.78. The van der Waals surface area contributed by atoms with Crippen molar-refractivity contribution >= 4 is 17.4 Å². The molecule has 1 N–H and O–H groups in total. The van der Waals surface area contributed by atoms with Crippen molar-refractivity contribution in [3.8, 4) is 16.9 Å². The summed E-state index contributed by atoms with van der Waals surface area (Å²) in [4.78, 5) is 23.4. The summed E-state index contributed by atoms with van der Waals surface area (Å²) in [5.41, 5.74) is 2.21. The number of nitrogens with one attached hydrogen (secondary N) is 1. The summed E-state index contributed by atoms with van der Waals surface area (Å²) in [7, 11) is 1.93. The highest BCUT2D eigenvalue weighted by molar-refractivity contribution is 6.05. The highest BCUT2D eigenvalue weighted by atomic mass is 19.4. The molecular weight excluding hydrogens is 409 g/mol. The minimum atomic E-state index is -4.77. The largest absolute Gasteiger partial charge is 0.573 e. The molecule has 0 spiro atoms. The fourth-order valence-electron chi connectivity index (χ4n) is 3.00. The van der Waals surface area contributed by atoms with Crippen molar-refractivity contribution in [2.24, 2.45) is 0 Å². The highest BCUT2D eigenvalue weighted by Crippen LogP contribution is 2.29. The molecule has 0 radical (unpaired) electrons. The molecule has 0 aliphatic carbocycles. The zero-order valence-corrected chi connectivity index (χ0v) is 17.0. The molecule has 0 atom stereocenters. The Kier molecular flexibility index (Phi) is 6.74. The SMILES string of the molecule is CCCN(C)c1ncc(C(=O)Nc2ccc(OC(F)(F)F)cc2)cc1-c1cccnc1. The van der Waals surface area contributed by atoms with Gasteiger partial charge in [-0.05, 0) is 42.8 Å². The average Bonchev–Trinajstić information content (AvgIpc) is 2.74. The number of rotatable bonds is 7. The molecule has 1 aromatic carbocycles. The van der Waals surface area contributed by atoms with E-state index >= 15 is 0 Å². The van der Waals surface area contributed by atoms with Crippen molar-refractivity contribution in [2.75, 3.05) is 23.8 Å². The van der Waals surface area contributed by atoms with E-state index in [1.54, 1.807) is 24.5 Å². The minimum absolute atomic E-state index is 0.308. The van der Waals surface area contributed by atoms with Gasteiger partial charge in [-0.1, -0.05) is 13.0 Å². The predicted octanol–water partition coefficient (Wildman–Crippen LogP) is 5.14. The quantitative estimate of drug-likeness (QED) is 0.562. The van der Waals surface area contributed by atoms with E-state index in [2.05, 4.69) is 26.9 Å². The number of halogens is 3. The number of ether oxygens (including phenoxy) is 1. The Hall–Kier alpha value is -3.62. The number of nitrogens with zero attached hydrogens (tertiary/aromatic N) is 3. The van der Waals surface area contributed by atoms with E-state index in [9.17, 15) is 18.0 Å². The Bertz CT molecular complexity index is 1030. The average molecular weight is 430 g/mol. The van der Waals surface area contributed by atoms with Crippen LogP contribution in [0.15, 0.2) is 61.1 Å². The summed E-state index contributed by atoms with van der Waals surface area (Å²) < 4.78 is 40.7. The van der Waals surface area contributed by atoms with Crippen LogP contribution in [0.1, 0.15) is 23.7 Å². The zero-order chi connectivity index (χ0) is 22.4. The first-order valence-corrected chi connectivity index (χ1v) is 9.55. The third-order valence-corrected chi connectivity index (χ3v) is 4.37. The van der Waals surface area contributed by atoms with Crippen molar-refractivity contribution in [1.29, 1.82) is 0 Å². The van der Waals surface area contributed by atoms with Gasteiger partial charge in [0.2, 0.25) is 0 Å². The molecule has 6 nitrogen and oxygen atoms in total. The molecular formula is C22H21F3N4O2. The standard InChI is InChI=1S/C22H21F3N4O2/c1-3-11-29(2)20-19(15-5-4-10-26-13-15)12-16(14-27-20)21(30)28-17-6-8-18(9-7-17)31-22(23,24)25/h4-10,12-14H,3,11H2,1-2H3,(H,28,30). The van der Waals surface area contributed by atoms with Crippen LogP contribution in [0.5, 0.6) is 5.75 Å². The van der Waals surface area contributed by atoms with Gasteiger partial charge in [0.15, 0.2) is 0 Å². The van der Waals surface area contributed by atoms with Crippen molar-refractivity contribution in [1.82, 2.24) is 9.97 Å². The molecule has 3 aromatic rings. The molecule has 0 aliphatic rings. The van der Waals surface area contributed by atoms with Gasteiger partial charge in [0.1, 0.15) is 11.6 Å². The van der Waals surface area contributed by atoms with Crippen molar-refractivity contribution < 1.29 is 22.7 Å². The first-order chi connectivity index (χ1) is 14.8. The lowest BCUT2D eigenvalue weighted by atomic mass is 10.1. The molecule has 9 heteroatoms. The number of pyridine rings is 2. The van der Waals surface area contributed by atoms with Crippen LogP contribution in [-0.4, -0.2) is 35.8 Å². The summed E-state index contributed by atoms with van der Waals surface area (Å²) in [5, 5.41) is 2.66. The predicted molar refractivity (Wildman–Crippen MR) is 112 cm³/mol. The Morgan fingerprint density at radius 3 is 2.52 bits per heavy atom. The van der Waals surface area contributed by atoms with E-state index in [0.717, 1.165) is 42.0 Å². The summed E-state index contributed by atoms with van der Waals surface area (Å²) >= 11 is 0. The van der Waals surface area contributed by atoms with Crippen LogP contribution in [0.4, 0.5) is 24.7 Å². The number of alkyl halides is 3. The zero-order valence-electron chi connectivity index (χ0n) is 17.0. The molecule has 0 fully saturated rings. The number of hydrogen-bond donors (Lipinski definition) is 1. The van der Waals surface area contributed by atoms with Gasteiger partial charge in [0.05, 0.1) is 5.56 Å². The Labute approximate surface area is 177 Å². The number of hydrogen-bond acceptors (Lipinski definition) is 5. The topological polar surface area (TPSA) is 67.4 Å². The normalized spacial score (nSPS) is 11.1. The number of benzene rings is 1. The van der Waals surface area contributed by atoms with E-state index < -0.39 is 12.3 Å². The van der Waals surface area contributed by atoms with Gasteiger partial charge in [-0.25, -0.2) is 4.98 Å². The van der Waals surface area contributed by atoms with Crippen LogP contribution >= 0.6 is 0 Å². The van der Waals surface area contributed by atoms with Crippen molar-refractivity contribution in [2.45, 2.75) is 19.7 Å². The first-order valence-electron chi connectivity index (χ1n) is 9.55. The van der Waals surface area contributed by atoms with Crippen LogP contribution in [0.2, 0.25) is 0 Å². The van der Waals surface area contributed by atoms with Gasteiger partial charge in [0.25, 0.3) is 5.91 Å². The maximum atomic E-state index is 12.7. The second kappa shape index (κ2) is 9.46. The summed E-state index contributed by atoms with van der Waals surface area (Å²) in [5.74, 6) is -0.0822. The number of amides is 1. The summed E-state index contributed by atoms with van der Waals surface area (Å²) in [6.45, 7) is 2.85. The van der Waals surface area contributed by atoms with Crippen molar-refractivity contribution in [3.63, 3.8) is 0 Å². The first kappa shape index (κ1) is 22.1. The van der Waals surface area contributed by atoms with Crippen LogP contribution in [0.3, 0.4) is 0 Å². The maximum absolute atomic E-state index is 12.7. The van der Waals surface area contributed by atoms with E-state index in [4.69, 9.17) is 0 Å². The molecule has 0 bridgehead atoms. The monoisotopic (exact) mass is 430 g/mol. The molecule has 2 aromatic heterocycles. The number of carbonyl (C=O) groups excluding carboxylic acids is 1. The molecule has 0 saturated carbocycles. The lowest BCUT2D eigenvalue weighted by Crippen LogP contribution is -2.21. The Balaban J connectivity index is 1.84. The summed E-state index contributed by atoms with van der Waals surface area (Å²) in [6, 6.07) is 10.3. The van der Waals surface area contributed by atoms with Gasteiger partial charge in [-0.15, -0.1) is 13.2 Å². The number of anilines is 2. The van der Waals surface area contributed by atoms with Crippen LogP contribution < -0.4 is 15.0 Å². The third kappa shape index (κ3) is 5.94. The van der Waals surface area contributed by atoms with Crippen LogP contribution in [-0.2, 0) is 0 Å².